The van der Waals surface area contributed by atoms with Crippen LogP contribution in [0.4, 0.5) is 0 Å². The molecule has 1 saturated heterocycles. The van der Waals surface area contributed by atoms with Crippen LogP contribution in [0.2, 0.25) is 0 Å². The molecule has 2 unspecified atom stereocenters. The molecule has 1 saturated carbocycles. The van der Waals surface area contributed by atoms with Crippen LogP contribution in [0, 0.1) is 0 Å². The average molecular weight is 255 g/mol. The summed E-state index contributed by atoms with van der Waals surface area (Å²) >= 11 is 1.90. The number of nitrogens with one attached hydrogen (secondary N) is 1. The molecule has 2 rings (SSSR count). The molecular formula is C13H25N3S. The Morgan fingerprint density at radius 3 is 2.59 bits per heavy atom. The van der Waals surface area contributed by atoms with Crippen molar-refractivity contribution in [2.24, 2.45) is 4.99 Å². The highest BCUT2D eigenvalue weighted by Crippen LogP contribution is 2.36. The lowest BCUT2D eigenvalue weighted by Gasteiger charge is -2.46. The molecule has 0 amide bonds. The minimum absolute atomic E-state index is 0.346. The van der Waals surface area contributed by atoms with E-state index in [0.29, 0.717) is 16.8 Å². The Morgan fingerprint density at radius 2 is 2.12 bits per heavy atom. The molecule has 0 aromatic heterocycles. The van der Waals surface area contributed by atoms with E-state index in [4.69, 9.17) is 4.99 Å². The van der Waals surface area contributed by atoms with Gasteiger partial charge < -0.3 is 10.2 Å². The standard InChI is InChI=1S/C13H25N3S/c1-10-8-11(2)17-12(15-10)14-9-13(16(3)4)6-5-7-13/h10-11H,5-9H2,1-4H3,(H,14,15). The molecule has 2 atom stereocenters. The maximum Gasteiger partial charge on any atom is 0.157 e. The van der Waals surface area contributed by atoms with Crippen molar-refractivity contribution < 1.29 is 0 Å². The largest absolute Gasteiger partial charge is 0.362 e. The third-order valence-corrected chi connectivity index (χ3v) is 5.18. The smallest absolute Gasteiger partial charge is 0.157 e. The van der Waals surface area contributed by atoms with Crippen molar-refractivity contribution in [3.05, 3.63) is 0 Å². The summed E-state index contributed by atoms with van der Waals surface area (Å²) in [4.78, 5) is 7.19. The quantitative estimate of drug-likeness (QED) is 0.839. The first-order chi connectivity index (χ1) is 8.02. The van der Waals surface area contributed by atoms with Gasteiger partial charge in [-0.15, -0.1) is 0 Å². The third kappa shape index (κ3) is 2.97. The summed E-state index contributed by atoms with van der Waals surface area (Å²) in [6.07, 6.45) is 5.19. The second-order valence-corrected chi connectivity index (χ2v) is 7.23. The van der Waals surface area contributed by atoms with Crippen molar-refractivity contribution in [3.8, 4) is 0 Å². The monoisotopic (exact) mass is 255 g/mol. The summed E-state index contributed by atoms with van der Waals surface area (Å²) in [5.74, 6) is 0. The van der Waals surface area contributed by atoms with Gasteiger partial charge in [-0.2, -0.15) is 0 Å². The average Bonchev–Trinajstić information content (AvgIpc) is 2.13. The first-order valence-electron chi connectivity index (χ1n) is 6.67. The SMILES string of the molecule is CC1CC(C)SC(=NCC2(N(C)C)CCC2)N1. The molecule has 1 N–H and O–H groups in total. The van der Waals surface area contributed by atoms with Crippen LogP contribution in [-0.4, -0.2) is 47.5 Å². The minimum atomic E-state index is 0.346. The van der Waals surface area contributed by atoms with Crippen LogP contribution in [0.25, 0.3) is 0 Å². The number of hydrogen-bond donors (Lipinski definition) is 1. The molecule has 2 aliphatic rings. The van der Waals surface area contributed by atoms with Crippen LogP contribution < -0.4 is 5.32 Å². The van der Waals surface area contributed by atoms with Gasteiger partial charge in [0, 0.05) is 16.8 Å². The molecule has 2 fully saturated rings. The van der Waals surface area contributed by atoms with E-state index in [1.165, 1.54) is 25.7 Å². The summed E-state index contributed by atoms with van der Waals surface area (Å²) in [5, 5.41) is 5.35. The highest BCUT2D eigenvalue weighted by atomic mass is 32.2. The van der Waals surface area contributed by atoms with Gasteiger partial charge in [0.15, 0.2) is 5.17 Å². The zero-order chi connectivity index (χ0) is 12.5. The van der Waals surface area contributed by atoms with Crippen LogP contribution in [0.15, 0.2) is 4.99 Å². The van der Waals surface area contributed by atoms with Gasteiger partial charge >= 0.3 is 0 Å². The van der Waals surface area contributed by atoms with E-state index in [2.05, 4.69) is 38.2 Å². The molecule has 98 valence electrons. The lowest BCUT2D eigenvalue weighted by Crippen LogP contribution is -2.53. The minimum Gasteiger partial charge on any atom is -0.362 e. The Morgan fingerprint density at radius 1 is 1.41 bits per heavy atom. The van der Waals surface area contributed by atoms with Gasteiger partial charge in [-0.1, -0.05) is 18.7 Å². The number of aliphatic imine (C=N–C) groups is 1. The normalized spacial score (nSPS) is 34.5. The Balaban J connectivity index is 1.95. The number of amidine groups is 1. The van der Waals surface area contributed by atoms with Crippen molar-refractivity contribution in [1.29, 1.82) is 0 Å². The summed E-state index contributed by atoms with van der Waals surface area (Å²) in [5.41, 5.74) is 0.346. The van der Waals surface area contributed by atoms with E-state index in [0.717, 1.165) is 11.7 Å². The van der Waals surface area contributed by atoms with Gasteiger partial charge in [-0.3, -0.25) is 4.99 Å². The molecule has 1 aliphatic heterocycles. The lowest BCUT2D eigenvalue weighted by atomic mass is 9.76. The molecule has 0 aromatic carbocycles. The summed E-state index contributed by atoms with van der Waals surface area (Å²) in [6.45, 7) is 5.49. The zero-order valence-corrected chi connectivity index (χ0v) is 12.3. The summed E-state index contributed by atoms with van der Waals surface area (Å²) in [7, 11) is 4.37. The Bertz CT molecular complexity index is 285. The Labute approximate surface area is 109 Å². The van der Waals surface area contributed by atoms with E-state index in [9.17, 15) is 0 Å². The predicted octanol–water partition coefficient (Wildman–Crippen LogP) is 2.33. The van der Waals surface area contributed by atoms with Crippen LogP contribution in [-0.2, 0) is 0 Å². The van der Waals surface area contributed by atoms with Gasteiger partial charge in [-0.25, -0.2) is 0 Å². The number of nitrogens with zero attached hydrogens (tertiary/aromatic N) is 2. The summed E-state index contributed by atoms with van der Waals surface area (Å²) in [6, 6.07) is 0.571. The molecular weight excluding hydrogens is 230 g/mol. The molecule has 4 heteroatoms. The number of rotatable bonds is 3. The molecule has 3 nitrogen and oxygen atoms in total. The van der Waals surface area contributed by atoms with Crippen molar-refractivity contribution in [3.63, 3.8) is 0 Å². The first-order valence-corrected chi connectivity index (χ1v) is 7.55. The second-order valence-electron chi connectivity index (χ2n) is 5.80. The molecule has 0 spiro atoms. The molecule has 1 heterocycles. The fraction of sp³-hybridized carbons (Fsp3) is 0.923. The first kappa shape index (κ1) is 13.2. The molecule has 0 radical (unpaired) electrons. The molecule has 0 aromatic rings. The number of likely N-dealkylation sites (N-methyl/N-ethyl adjacent to an activating group) is 1. The van der Waals surface area contributed by atoms with Crippen LogP contribution in [0.3, 0.4) is 0 Å². The fourth-order valence-corrected chi connectivity index (χ4v) is 3.85. The van der Waals surface area contributed by atoms with Gasteiger partial charge in [0.05, 0.1) is 6.54 Å². The highest BCUT2D eigenvalue weighted by Gasteiger charge is 2.39. The Hall–Kier alpha value is -0.220. The van der Waals surface area contributed by atoms with Gasteiger partial charge in [0.25, 0.3) is 0 Å². The van der Waals surface area contributed by atoms with E-state index < -0.39 is 0 Å². The van der Waals surface area contributed by atoms with Crippen LogP contribution in [0.1, 0.15) is 39.5 Å². The van der Waals surface area contributed by atoms with Crippen molar-refractivity contribution >= 4 is 16.9 Å². The van der Waals surface area contributed by atoms with Crippen LogP contribution >= 0.6 is 11.8 Å². The molecule has 17 heavy (non-hydrogen) atoms. The van der Waals surface area contributed by atoms with Crippen LogP contribution in [0.5, 0.6) is 0 Å². The van der Waals surface area contributed by atoms with Gasteiger partial charge in [0.1, 0.15) is 0 Å². The van der Waals surface area contributed by atoms with E-state index in [-0.39, 0.29) is 0 Å². The molecule has 0 bridgehead atoms. The highest BCUT2D eigenvalue weighted by molar-refractivity contribution is 8.14. The second kappa shape index (κ2) is 5.19. The fourth-order valence-electron chi connectivity index (χ4n) is 2.67. The zero-order valence-electron chi connectivity index (χ0n) is 11.5. The maximum absolute atomic E-state index is 4.83. The van der Waals surface area contributed by atoms with Gasteiger partial charge in [-0.05, 0) is 46.7 Å². The van der Waals surface area contributed by atoms with Crippen molar-refractivity contribution in [2.75, 3.05) is 20.6 Å². The topological polar surface area (TPSA) is 27.6 Å². The maximum atomic E-state index is 4.83. The molecule has 1 aliphatic carbocycles. The number of hydrogen-bond acceptors (Lipinski definition) is 3. The van der Waals surface area contributed by atoms with Crippen molar-refractivity contribution in [1.82, 2.24) is 10.2 Å². The van der Waals surface area contributed by atoms with Crippen molar-refractivity contribution in [2.45, 2.75) is 56.4 Å². The predicted molar refractivity (Wildman–Crippen MR) is 76.8 cm³/mol. The third-order valence-electron chi connectivity index (χ3n) is 4.12. The number of thioether (sulfide) groups is 1. The lowest BCUT2D eigenvalue weighted by molar-refractivity contribution is 0.0700. The van der Waals surface area contributed by atoms with E-state index in [1.807, 2.05) is 11.8 Å². The van der Waals surface area contributed by atoms with Gasteiger partial charge in [0.2, 0.25) is 0 Å². The van der Waals surface area contributed by atoms with E-state index >= 15 is 0 Å². The Kier molecular flexibility index (Phi) is 4.03. The van der Waals surface area contributed by atoms with E-state index in [1.54, 1.807) is 0 Å². The summed E-state index contributed by atoms with van der Waals surface area (Å²) < 4.78 is 0.